The fourth-order valence-corrected chi connectivity index (χ4v) is 2.54. The van der Waals surface area contributed by atoms with Gasteiger partial charge >= 0.3 is 0 Å². The molecule has 1 saturated heterocycles. The lowest BCUT2D eigenvalue weighted by atomic mass is 10.0. The predicted octanol–water partition coefficient (Wildman–Crippen LogP) is 1.51. The van der Waals surface area contributed by atoms with E-state index in [1.165, 1.54) is 0 Å². The van der Waals surface area contributed by atoms with Crippen molar-refractivity contribution >= 4 is 5.84 Å². The van der Waals surface area contributed by atoms with Gasteiger partial charge in [0, 0.05) is 44.2 Å². The van der Waals surface area contributed by atoms with Crippen LogP contribution < -0.4 is 5.73 Å². The summed E-state index contributed by atoms with van der Waals surface area (Å²) in [7, 11) is 0. The normalized spacial score (nSPS) is 21.4. The average Bonchev–Trinajstić information content (AvgIpc) is 2.24. The maximum atomic E-state index is 7.43. The van der Waals surface area contributed by atoms with E-state index in [2.05, 4.69) is 37.5 Å². The molecular weight excluding hydrogens is 212 g/mol. The Kier molecular flexibility index (Phi) is 4.95. The summed E-state index contributed by atoms with van der Waals surface area (Å²) in [6.07, 6.45) is 1.79. The molecule has 4 heteroatoms. The zero-order chi connectivity index (χ0) is 13.1. The minimum absolute atomic E-state index is 0.272. The largest absolute Gasteiger partial charge is 0.388 e. The van der Waals surface area contributed by atoms with Crippen LogP contribution in [0.1, 0.15) is 40.5 Å². The Labute approximate surface area is 106 Å². The quantitative estimate of drug-likeness (QED) is 0.578. The number of hydrogen-bond donors (Lipinski definition) is 2. The van der Waals surface area contributed by atoms with Crippen LogP contribution in [0.4, 0.5) is 0 Å². The van der Waals surface area contributed by atoms with Crippen molar-refractivity contribution in [2.75, 3.05) is 26.2 Å². The first kappa shape index (κ1) is 14.5. The summed E-state index contributed by atoms with van der Waals surface area (Å²) in [5, 5.41) is 7.43. The van der Waals surface area contributed by atoms with Crippen LogP contribution in [-0.4, -0.2) is 53.4 Å². The highest BCUT2D eigenvalue weighted by Crippen LogP contribution is 2.18. The van der Waals surface area contributed by atoms with Gasteiger partial charge in [-0.2, -0.15) is 0 Å². The average molecular weight is 240 g/mol. The van der Waals surface area contributed by atoms with Crippen molar-refractivity contribution in [3.8, 4) is 0 Å². The lowest BCUT2D eigenvalue weighted by Crippen LogP contribution is -2.55. The summed E-state index contributed by atoms with van der Waals surface area (Å²) in [4.78, 5) is 5.02. The van der Waals surface area contributed by atoms with Gasteiger partial charge in [-0.1, -0.05) is 6.92 Å². The lowest BCUT2D eigenvalue weighted by Gasteiger charge is -2.44. The monoisotopic (exact) mass is 240 g/mol. The van der Waals surface area contributed by atoms with Crippen LogP contribution >= 0.6 is 0 Å². The Morgan fingerprint density at radius 2 is 1.76 bits per heavy atom. The molecule has 0 aromatic carbocycles. The molecule has 1 heterocycles. The van der Waals surface area contributed by atoms with E-state index in [1.54, 1.807) is 0 Å². The SMILES string of the molecule is CCC(CC(=N)N)N1CCN(C(C)(C)C)CC1. The van der Waals surface area contributed by atoms with E-state index >= 15 is 0 Å². The number of nitrogens with zero attached hydrogens (tertiary/aromatic N) is 2. The van der Waals surface area contributed by atoms with Gasteiger partial charge in [-0.3, -0.25) is 15.2 Å². The molecular formula is C13H28N4. The highest BCUT2D eigenvalue weighted by Gasteiger charge is 2.28. The molecule has 0 radical (unpaired) electrons. The topological polar surface area (TPSA) is 56.4 Å². The van der Waals surface area contributed by atoms with Gasteiger partial charge in [-0.25, -0.2) is 0 Å². The summed E-state index contributed by atoms with van der Waals surface area (Å²) in [6.45, 7) is 13.5. The van der Waals surface area contributed by atoms with Crippen LogP contribution in [0, 0.1) is 5.41 Å². The van der Waals surface area contributed by atoms with Crippen LogP contribution in [0.15, 0.2) is 0 Å². The Morgan fingerprint density at radius 3 is 2.12 bits per heavy atom. The van der Waals surface area contributed by atoms with Gasteiger partial charge in [0.05, 0.1) is 5.84 Å². The molecule has 100 valence electrons. The van der Waals surface area contributed by atoms with Crippen molar-refractivity contribution in [3.63, 3.8) is 0 Å². The molecule has 17 heavy (non-hydrogen) atoms. The first-order chi connectivity index (χ1) is 7.84. The molecule has 0 aromatic rings. The Morgan fingerprint density at radius 1 is 1.24 bits per heavy atom. The van der Waals surface area contributed by atoms with Gasteiger partial charge in [0.15, 0.2) is 0 Å². The summed E-state index contributed by atoms with van der Waals surface area (Å²) >= 11 is 0. The zero-order valence-electron chi connectivity index (χ0n) is 11.8. The van der Waals surface area contributed by atoms with E-state index < -0.39 is 0 Å². The van der Waals surface area contributed by atoms with Crippen LogP contribution in [0.3, 0.4) is 0 Å². The van der Waals surface area contributed by atoms with Crippen molar-refractivity contribution < 1.29 is 0 Å². The summed E-state index contributed by atoms with van der Waals surface area (Å²) < 4.78 is 0. The maximum Gasteiger partial charge on any atom is 0.0921 e. The number of rotatable bonds is 4. The highest BCUT2D eigenvalue weighted by molar-refractivity contribution is 5.77. The number of piperazine rings is 1. The molecule has 0 bridgehead atoms. The van der Waals surface area contributed by atoms with Gasteiger partial charge in [0.1, 0.15) is 0 Å². The van der Waals surface area contributed by atoms with E-state index in [1.807, 2.05) is 0 Å². The second-order valence-corrected chi connectivity index (χ2v) is 5.99. The molecule has 1 fully saturated rings. The molecule has 0 aliphatic carbocycles. The third-order valence-electron chi connectivity index (χ3n) is 3.71. The zero-order valence-corrected chi connectivity index (χ0v) is 11.8. The number of nitrogens with two attached hydrogens (primary N) is 1. The first-order valence-corrected chi connectivity index (χ1v) is 6.66. The van der Waals surface area contributed by atoms with Crippen LogP contribution in [-0.2, 0) is 0 Å². The van der Waals surface area contributed by atoms with E-state index in [-0.39, 0.29) is 5.54 Å². The first-order valence-electron chi connectivity index (χ1n) is 6.66. The predicted molar refractivity (Wildman–Crippen MR) is 73.5 cm³/mol. The molecule has 4 nitrogen and oxygen atoms in total. The van der Waals surface area contributed by atoms with Crippen LogP contribution in [0.5, 0.6) is 0 Å². The maximum absolute atomic E-state index is 7.43. The Hall–Kier alpha value is -0.610. The summed E-state index contributed by atoms with van der Waals surface area (Å²) in [5.41, 5.74) is 5.79. The smallest absolute Gasteiger partial charge is 0.0921 e. The molecule has 1 aliphatic rings. The molecule has 1 rings (SSSR count). The summed E-state index contributed by atoms with van der Waals surface area (Å²) in [6, 6.07) is 0.453. The fraction of sp³-hybridized carbons (Fsp3) is 0.923. The third kappa shape index (κ3) is 4.28. The minimum Gasteiger partial charge on any atom is -0.388 e. The summed E-state index contributed by atoms with van der Waals surface area (Å²) in [5.74, 6) is 0.315. The van der Waals surface area contributed by atoms with Crippen molar-refractivity contribution in [3.05, 3.63) is 0 Å². The van der Waals surface area contributed by atoms with E-state index in [0.717, 1.165) is 32.6 Å². The van der Waals surface area contributed by atoms with E-state index in [0.29, 0.717) is 18.3 Å². The lowest BCUT2D eigenvalue weighted by molar-refractivity contribution is 0.0424. The number of hydrogen-bond acceptors (Lipinski definition) is 3. The minimum atomic E-state index is 0.272. The molecule has 1 unspecified atom stereocenters. The van der Waals surface area contributed by atoms with Crippen LogP contribution in [0.2, 0.25) is 0 Å². The second-order valence-electron chi connectivity index (χ2n) is 5.99. The molecule has 1 aliphatic heterocycles. The van der Waals surface area contributed by atoms with Crippen molar-refractivity contribution in [2.24, 2.45) is 5.73 Å². The van der Waals surface area contributed by atoms with E-state index in [9.17, 15) is 0 Å². The molecule has 0 saturated carbocycles. The Bertz CT molecular complexity index is 249. The number of amidine groups is 1. The third-order valence-corrected chi connectivity index (χ3v) is 3.71. The molecule has 1 atom stereocenters. The molecule has 0 amide bonds. The molecule has 3 N–H and O–H groups in total. The van der Waals surface area contributed by atoms with Crippen molar-refractivity contribution in [2.45, 2.75) is 52.1 Å². The van der Waals surface area contributed by atoms with E-state index in [4.69, 9.17) is 11.1 Å². The highest BCUT2D eigenvalue weighted by atomic mass is 15.3. The standard InChI is InChI=1S/C13H28N4/c1-5-11(10-12(14)15)16-6-8-17(9-7-16)13(2,3)4/h11H,5-10H2,1-4H3,(H3,14,15). The van der Waals surface area contributed by atoms with Gasteiger partial charge in [0.25, 0.3) is 0 Å². The van der Waals surface area contributed by atoms with Crippen molar-refractivity contribution in [1.82, 2.24) is 9.80 Å². The number of nitrogens with one attached hydrogen (secondary N) is 1. The van der Waals surface area contributed by atoms with Gasteiger partial charge < -0.3 is 5.73 Å². The molecule has 0 spiro atoms. The van der Waals surface area contributed by atoms with Gasteiger partial charge in [0.2, 0.25) is 0 Å². The van der Waals surface area contributed by atoms with Crippen molar-refractivity contribution in [1.29, 1.82) is 5.41 Å². The van der Waals surface area contributed by atoms with Gasteiger partial charge in [-0.15, -0.1) is 0 Å². The molecule has 0 aromatic heterocycles. The van der Waals surface area contributed by atoms with Crippen LogP contribution in [0.25, 0.3) is 0 Å². The fourth-order valence-electron chi connectivity index (χ4n) is 2.54. The Balaban J connectivity index is 2.47. The second kappa shape index (κ2) is 5.83. The van der Waals surface area contributed by atoms with Gasteiger partial charge in [-0.05, 0) is 27.2 Å².